The average Bonchev–Trinajstić information content (AvgIpc) is 2.81. The monoisotopic (exact) mass is 288 g/mol. The summed E-state index contributed by atoms with van der Waals surface area (Å²) in [4.78, 5) is 12.7. The molecule has 1 amide bonds. The molecule has 0 saturated heterocycles. The number of halogens is 1. The van der Waals surface area contributed by atoms with Crippen molar-refractivity contribution in [2.75, 3.05) is 6.54 Å². The van der Waals surface area contributed by atoms with Crippen LogP contribution in [0.5, 0.6) is 0 Å². The van der Waals surface area contributed by atoms with Crippen LogP contribution in [0.2, 0.25) is 0 Å². The smallest absolute Gasteiger partial charge is 0.240 e. The van der Waals surface area contributed by atoms with Crippen molar-refractivity contribution in [3.05, 3.63) is 20.8 Å². The minimum Gasteiger partial charge on any atom is -0.354 e. The van der Waals surface area contributed by atoms with E-state index in [0.29, 0.717) is 6.54 Å². The highest BCUT2D eigenvalue weighted by Gasteiger charge is 2.45. The maximum atomic E-state index is 11.5. The minimum atomic E-state index is -0.546. The van der Waals surface area contributed by atoms with E-state index in [1.54, 1.807) is 11.3 Å². The minimum absolute atomic E-state index is 0.00174. The number of rotatable bonds is 4. The van der Waals surface area contributed by atoms with E-state index in [-0.39, 0.29) is 5.91 Å². The first kappa shape index (κ1) is 11.1. The standard InChI is InChI=1S/C10H13BrN2OS/c11-8-2-1-7(15-8)3-6-13-9(14)10(12)4-5-10/h1-2H,3-6,12H2,(H,13,14). The molecule has 3 nitrogen and oxygen atoms in total. The Kier molecular flexibility index (Phi) is 3.13. The Balaban J connectivity index is 1.73. The number of thiophene rings is 1. The van der Waals surface area contributed by atoms with Gasteiger partial charge in [-0.15, -0.1) is 11.3 Å². The molecule has 0 bridgehead atoms. The van der Waals surface area contributed by atoms with E-state index in [4.69, 9.17) is 5.73 Å². The largest absolute Gasteiger partial charge is 0.354 e. The summed E-state index contributed by atoms with van der Waals surface area (Å²) >= 11 is 5.10. The van der Waals surface area contributed by atoms with Gasteiger partial charge in [-0.2, -0.15) is 0 Å². The van der Waals surface area contributed by atoms with Gasteiger partial charge in [0.15, 0.2) is 0 Å². The van der Waals surface area contributed by atoms with Crippen LogP contribution in [0, 0.1) is 0 Å². The molecule has 1 aromatic rings. The lowest BCUT2D eigenvalue weighted by atomic mass is 10.2. The number of hydrogen-bond acceptors (Lipinski definition) is 3. The van der Waals surface area contributed by atoms with E-state index in [0.717, 1.165) is 23.0 Å². The molecule has 82 valence electrons. The van der Waals surface area contributed by atoms with Crippen molar-refractivity contribution in [1.29, 1.82) is 0 Å². The van der Waals surface area contributed by atoms with Gasteiger partial charge in [0, 0.05) is 11.4 Å². The number of nitrogens with two attached hydrogens (primary N) is 1. The van der Waals surface area contributed by atoms with Crippen molar-refractivity contribution in [3.8, 4) is 0 Å². The van der Waals surface area contributed by atoms with Gasteiger partial charge >= 0.3 is 0 Å². The van der Waals surface area contributed by atoms with Crippen molar-refractivity contribution in [1.82, 2.24) is 5.32 Å². The summed E-state index contributed by atoms with van der Waals surface area (Å²) in [6.07, 6.45) is 2.52. The molecule has 5 heteroatoms. The first-order valence-corrected chi connectivity index (χ1v) is 6.52. The summed E-state index contributed by atoms with van der Waals surface area (Å²) in [6.45, 7) is 0.671. The van der Waals surface area contributed by atoms with Crippen molar-refractivity contribution in [3.63, 3.8) is 0 Å². The lowest BCUT2D eigenvalue weighted by Crippen LogP contribution is -2.43. The lowest BCUT2D eigenvalue weighted by molar-refractivity contribution is -0.123. The van der Waals surface area contributed by atoms with Crippen LogP contribution in [0.3, 0.4) is 0 Å². The van der Waals surface area contributed by atoms with Crippen LogP contribution in [0.4, 0.5) is 0 Å². The third kappa shape index (κ3) is 2.80. The first-order chi connectivity index (χ1) is 7.10. The van der Waals surface area contributed by atoms with Crippen LogP contribution >= 0.6 is 27.3 Å². The predicted molar refractivity (Wildman–Crippen MR) is 64.9 cm³/mol. The maximum Gasteiger partial charge on any atom is 0.240 e. The molecule has 0 aliphatic heterocycles. The Morgan fingerprint density at radius 2 is 2.33 bits per heavy atom. The third-order valence-corrected chi connectivity index (χ3v) is 4.21. The Morgan fingerprint density at radius 3 is 2.87 bits per heavy atom. The third-order valence-electron chi connectivity index (χ3n) is 2.53. The topological polar surface area (TPSA) is 55.1 Å². The van der Waals surface area contributed by atoms with Crippen molar-refractivity contribution in [2.24, 2.45) is 5.73 Å². The molecule has 1 fully saturated rings. The number of carbonyl (C=O) groups excluding carboxylic acids is 1. The fourth-order valence-electron chi connectivity index (χ4n) is 1.32. The van der Waals surface area contributed by atoms with Crippen molar-refractivity contribution in [2.45, 2.75) is 24.8 Å². The zero-order valence-electron chi connectivity index (χ0n) is 8.25. The fourth-order valence-corrected chi connectivity index (χ4v) is 2.81. The highest BCUT2D eigenvalue weighted by Crippen LogP contribution is 2.32. The molecule has 1 aliphatic rings. The van der Waals surface area contributed by atoms with Crippen LogP contribution in [0.15, 0.2) is 15.9 Å². The SMILES string of the molecule is NC1(C(=O)NCCc2ccc(Br)s2)CC1. The summed E-state index contributed by atoms with van der Waals surface area (Å²) in [5.41, 5.74) is 5.21. The quantitative estimate of drug-likeness (QED) is 0.885. The summed E-state index contributed by atoms with van der Waals surface area (Å²) in [5.74, 6) is -0.00174. The van der Waals surface area contributed by atoms with Gasteiger partial charge in [-0.3, -0.25) is 4.79 Å². The highest BCUT2D eigenvalue weighted by molar-refractivity contribution is 9.11. The molecule has 2 rings (SSSR count). The highest BCUT2D eigenvalue weighted by atomic mass is 79.9. The van der Waals surface area contributed by atoms with Gasteiger partial charge in [-0.1, -0.05) is 0 Å². The van der Waals surface area contributed by atoms with Gasteiger partial charge in [0.2, 0.25) is 5.91 Å². The fraction of sp³-hybridized carbons (Fsp3) is 0.500. The lowest BCUT2D eigenvalue weighted by Gasteiger charge is -2.08. The van der Waals surface area contributed by atoms with E-state index in [9.17, 15) is 4.79 Å². The van der Waals surface area contributed by atoms with Crippen LogP contribution < -0.4 is 11.1 Å². The molecule has 1 aromatic heterocycles. The second-order valence-corrected chi connectivity index (χ2v) is 6.42. The van der Waals surface area contributed by atoms with E-state index in [1.807, 2.05) is 6.07 Å². The van der Waals surface area contributed by atoms with Gasteiger partial charge < -0.3 is 11.1 Å². The molecule has 0 spiro atoms. The van der Waals surface area contributed by atoms with Crippen LogP contribution in [-0.2, 0) is 11.2 Å². The number of hydrogen-bond donors (Lipinski definition) is 2. The molecule has 0 radical (unpaired) electrons. The van der Waals surface area contributed by atoms with Gasteiger partial charge in [0.1, 0.15) is 0 Å². The zero-order valence-corrected chi connectivity index (χ0v) is 10.7. The Bertz CT molecular complexity index is 373. The second kappa shape index (κ2) is 4.23. The van der Waals surface area contributed by atoms with E-state index < -0.39 is 5.54 Å². The second-order valence-electron chi connectivity index (χ2n) is 3.87. The van der Waals surface area contributed by atoms with Crippen molar-refractivity contribution < 1.29 is 4.79 Å². The summed E-state index contributed by atoms with van der Waals surface area (Å²) in [6, 6.07) is 4.09. The molecule has 1 aliphatic carbocycles. The molecular formula is C10H13BrN2OS. The number of nitrogens with one attached hydrogen (secondary N) is 1. The van der Waals surface area contributed by atoms with Gasteiger partial charge in [-0.25, -0.2) is 0 Å². The van der Waals surface area contributed by atoms with Crippen LogP contribution in [-0.4, -0.2) is 18.0 Å². The summed E-state index contributed by atoms with van der Waals surface area (Å²) in [7, 11) is 0. The van der Waals surface area contributed by atoms with E-state index in [1.165, 1.54) is 4.88 Å². The van der Waals surface area contributed by atoms with Gasteiger partial charge in [-0.05, 0) is 47.3 Å². The van der Waals surface area contributed by atoms with E-state index in [2.05, 4.69) is 27.3 Å². The molecule has 1 heterocycles. The molecule has 0 unspecified atom stereocenters. The molecule has 3 N–H and O–H groups in total. The zero-order chi connectivity index (χ0) is 10.9. The summed E-state index contributed by atoms with van der Waals surface area (Å²) < 4.78 is 1.13. The Labute approximate surface area is 101 Å². The number of amides is 1. The normalized spacial score (nSPS) is 17.5. The maximum absolute atomic E-state index is 11.5. The average molecular weight is 289 g/mol. The molecule has 0 aromatic carbocycles. The Hall–Kier alpha value is -0.390. The van der Waals surface area contributed by atoms with E-state index >= 15 is 0 Å². The first-order valence-electron chi connectivity index (χ1n) is 4.91. The van der Waals surface area contributed by atoms with Crippen LogP contribution in [0.25, 0.3) is 0 Å². The van der Waals surface area contributed by atoms with Gasteiger partial charge in [0.25, 0.3) is 0 Å². The predicted octanol–water partition coefficient (Wildman–Crippen LogP) is 1.66. The van der Waals surface area contributed by atoms with Crippen molar-refractivity contribution >= 4 is 33.2 Å². The number of carbonyl (C=O) groups is 1. The molecule has 1 saturated carbocycles. The van der Waals surface area contributed by atoms with Crippen LogP contribution in [0.1, 0.15) is 17.7 Å². The molecule has 0 atom stereocenters. The summed E-state index contributed by atoms with van der Waals surface area (Å²) in [5, 5.41) is 2.87. The Morgan fingerprint density at radius 1 is 1.60 bits per heavy atom. The van der Waals surface area contributed by atoms with Gasteiger partial charge in [0.05, 0.1) is 9.33 Å². The molecular weight excluding hydrogens is 276 g/mol. The molecule has 15 heavy (non-hydrogen) atoms.